The van der Waals surface area contributed by atoms with E-state index in [9.17, 15) is 0 Å². The molecule has 5 heteroatoms. The number of hydrogen-bond donors (Lipinski definition) is 0. The van der Waals surface area contributed by atoms with Crippen molar-refractivity contribution in [3.8, 4) is 0 Å². The van der Waals surface area contributed by atoms with Crippen LogP contribution in [0.15, 0.2) is 0 Å². The van der Waals surface area contributed by atoms with Gasteiger partial charge in [0.05, 0.1) is 5.67 Å². The van der Waals surface area contributed by atoms with Crippen LogP contribution in [0.4, 0.5) is 0 Å². The van der Waals surface area contributed by atoms with Gasteiger partial charge >= 0.3 is 8.80 Å². The van der Waals surface area contributed by atoms with Gasteiger partial charge in [0.25, 0.3) is 0 Å². The van der Waals surface area contributed by atoms with E-state index in [4.69, 9.17) is 13.3 Å². The summed E-state index contributed by atoms with van der Waals surface area (Å²) in [7, 11) is -2.73. The Morgan fingerprint density at radius 1 is 0.643 bits per heavy atom. The monoisotopic (exact) mass is 413 g/mol. The van der Waals surface area contributed by atoms with E-state index < -0.39 is 8.80 Å². The van der Waals surface area contributed by atoms with Crippen molar-refractivity contribution in [2.24, 2.45) is 5.92 Å². The molecule has 2 fully saturated rings. The third kappa shape index (κ3) is 7.71. The molecule has 166 valence electrons. The van der Waals surface area contributed by atoms with Crippen LogP contribution in [0.2, 0.25) is 0 Å². The molecule has 0 amide bonds. The summed E-state index contributed by atoms with van der Waals surface area (Å²) in [5, 5.41) is 0. The lowest BCUT2D eigenvalue weighted by molar-refractivity contribution is 0.0267. The molecule has 0 N–H and O–H groups in total. The molecule has 1 atom stereocenters. The van der Waals surface area contributed by atoms with Crippen LogP contribution in [0.3, 0.4) is 0 Å². The van der Waals surface area contributed by atoms with Crippen molar-refractivity contribution in [3.05, 3.63) is 0 Å². The molecule has 1 aliphatic heterocycles. The summed E-state index contributed by atoms with van der Waals surface area (Å²) in [6.45, 7) is 10.7. The highest BCUT2D eigenvalue weighted by Crippen LogP contribution is 2.30. The van der Waals surface area contributed by atoms with Gasteiger partial charge in [-0.05, 0) is 58.9 Å². The largest absolute Gasteiger partial charge is 0.519 e. The normalized spacial score (nSPS) is 24.8. The summed E-state index contributed by atoms with van der Waals surface area (Å²) in [5.41, 5.74) is 0.326. The first-order chi connectivity index (χ1) is 13.8. The van der Waals surface area contributed by atoms with Crippen LogP contribution >= 0.6 is 0 Å². The highest BCUT2D eigenvalue weighted by atomic mass is 28.4. The molecule has 1 saturated carbocycles. The smallest absolute Gasteiger partial charge is 0.373 e. The lowest BCUT2D eigenvalue weighted by Gasteiger charge is -2.43. The van der Waals surface area contributed by atoms with E-state index in [1.807, 2.05) is 0 Å². The molecule has 0 radical (unpaired) electrons. The third-order valence-corrected chi connectivity index (χ3v) is 10.1. The first-order valence-corrected chi connectivity index (χ1v) is 14.2. The number of rotatable bonds is 9. The van der Waals surface area contributed by atoms with Crippen molar-refractivity contribution in [2.75, 3.05) is 32.9 Å². The van der Waals surface area contributed by atoms with Crippen molar-refractivity contribution in [1.82, 2.24) is 4.90 Å². The minimum atomic E-state index is -2.73. The molecule has 1 unspecified atom stereocenters. The minimum absolute atomic E-state index is 0.326. The highest BCUT2D eigenvalue weighted by molar-refractivity contribution is 6.62. The Morgan fingerprint density at radius 2 is 1.11 bits per heavy atom. The van der Waals surface area contributed by atoms with Gasteiger partial charge in [-0.3, -0.25) is 4.90 Å². The predicted octanol–water partition coefficient (Wildman–Crippen LogP) is 5.96. The van der Waals surface area contributed by atoms with Crippen LogP contribution < -0.4 is 0 Å². The van der Waals surface area contributed by atoms with Crippen molar-refractivity contribution >= 4 is 8.80 Å². The van der Waals surface area contributed by atoms with E-state index in [0.29, 0.717) is 25.5 Å². The van der Waals surface area contributed by atoms with Crippen molar-refractivity contribution in [3.63, 3.8) is 0 Å². The van der Waals surface area contributed by atoms with E-state index in [-0.39, 0.29) is 0 Å². The average molecular weight is 414 g/mol. The Kier molecular flexibility index (Phi) is 12.3. The Balaban J connectivity index is 2.25. The highest BCUT2D eigenvalue weighted by Gasteiger charge is 2.51. The van der Waals surface area contributed by atoms with Crippen molar-refractivity contribution in [2.45, 2.75) is 110 Å². The molecule has 0 aromatic carbocycles. The zero-order chi connectivity index (χ0) is 20.1. The summed E-state index contributed by atoms with van der Waals surface area (Å²) in [5.74, 6) is 0.845. The SMILES string of the molecule is CCO[Si](OCC)(OCC)C1CCCCCCCCCN1CC1CCCCC1. The zero-order valence-electron chi connectivity index (χ0n) is 19.1. The molecule has 2 rings (SSSR count). The molecule has 1 heterocycles. The molecule has 28 heavy (non-hydrogen) atoms. The van der Waals surface area contributed by atoms with Gasteiger partial charge in [0.15, 0.2) is 0 Å². The Morgan fingerprint density at radius 3 is 1.68 bits per heavy atom. The molecule has 0 aromatic heterocycles. The summed E-state index contributed by atoms with van der Waals surface area (Å²) in [6, 6.07) is 0. The molecule has 0 spiro atoms. The molecule has 0 aromatic rings. The zero-order valence-corrected chi connectivity index (χ0v) is 20.1. The maximum atomic E-state index is 6.42. The van der Waals surface area contributed by atoms with Crippen LogP contribution in [0.25, 0.3) is 0 Å². The second kappa shape index (κ2) is 14.1. The fraction of sp³-hybridized carbons (Fsp3) is 1.00. The number of nitrogens with zero attached hydrogens (tertiary/aromatic N) is 1. The average Bonchev–Trinajstić information content (AvgIpc) is 2.75. The lowest BCUT2D eigenvalue weighted by Crippen LogP contribution is -2.63. The maximum Gasteiger partial charge on any atom is 0.519 e. The molecule has 0 bridgehead atoms. The van der Waals surface area contributed by atoms with Crippen LogP contribution in [0.1, 0.15) is 104 Å². The summed E-state index contributed by atoms with van der Waals surface area (Å²) < 4.78 is 19.3. The first-order valence-electron chi connectivity index (χ1n) is 12.4. The van der Waals surface area contributed by atoms with Crippen LogP contribution in [0, 0.1) is 5.92 Å². The van der Waals surface area contributed by atoms with Crippen LogP contribution in [0.5, 0.6) is 0 Å². The fourth-order valence-corrected chi connectivity index (χ4v) is 8.49. The fourth-order valence-electron chi connectivity index (χ4n) is 5.21. The van der Waals surface area contributed by atoms with Gasteiger partial charge in [0.2, 0.25) is 0 Å². The van der Waals surface area contributed by atoms with Crippen LogP contribution in [-0.4, -0.2) is 52.3 Å². The van der Waals surface area contributed by atoms with Gasteiger partial charge < -0.3 is 13.3 Å². The molecule has 4 nitrogen and oxygen atoms in total. The van der Waals surface area contributed by atoms with Gasteiger partial charge in [0, 0.05) is 26.4 Å². The Bertz CT molecular complexity index is 373. The maximum absolute atomic E-state index is 6.42. The topological polar surface area (TPSA) is 30.9 Å². The van der Waals surface area contributed by atoms with Gasteiger partial charge in [-0.2, -0.15) is 0 Å². The minimum Gasteiger partial charge on any atom is -0.373 e. The molecular weight excluding hydrogens is 366 g/mol. The van der Waals surface area contributed by atoms with E-state index in [1.165, 1.54) is 96.6 Å². The van der Waals surface area contributed by atoms with Gasteiger partial charge in [-0.15, -0.1) is 0 Å². The summed E-state index contributed by atoms with van der Waals surface area (Å²) in [4.78, 5) is 2.77. The number of hydrogen-bond acceptors (Lipinski definition) is 4. The summed E-state index contributed by atoms with van der Waals surface area (Å²) >= 11 is 0. The van der Waals surface area contributed by atoms with E-state index in [2.05, 4.69) is 25.7 Å². The van der Waals surface area contributed by atoms with E-state index in [0.717, 1.165) is 5.92 Å². The van der Waals surface area contributed by atoms with Crippen molar-refractivity contribution in [1.29, 1.82) is 0 Å². The van der Waals surface area contributed by atoms with E-state index >= 15 is 0 Å². The molecule has 2 aliphatic rings. The van der Waals surface area contributed by atoms with Gasteiger partial charge in [-0.1, -0.05) is 57.8 Å². The lowest BCUT2D eigenvalue weighted by atomic mass is 9.89. The van der Waals surface area contributed by atoms with E-state index in [1.54, 1.807) is 0 Å². The molecule has 1 aliphatic carbocycles. The standard InChI is InChI=1S/C23H47NO3Si/c1-4-25-28(26-5-2,27-6-3)23-19-15-10-8-7-9-11-16-20-24(23)21-22-17-13-12-14-18-22/h22-23H,4-21H2,1-3H3. The second-order valence-electron chi connectivity index (χ2n) is 8.68. The predicted molar refractivity (Wildman–Crippen MR) is 120 cm³/mol. The van der Waals surface area contributed by atoms with Crippen LogP contribution in [-0.2, 0) is 13.3 Å². The quantitative estimate of drug-likeness (QED) is 0.436. The third-order valence-electron chi connectivity index (χ3n) is 6.53. The second-order valence-corrected chi connectivity index (χ2v) is 11.4. The van der Waals surface area contributed by atoms with Gasteiger partial charge in [0.1, 0.15) is 0 Å². The first kappa shape index (κ1) is 24.3. The van der Waals surface area contributed by atoms with Crippen molar-refractivity contribution < 1.29 is 13.3 Å². The van der Waals surface area contributed by atoms with Gasteiger partial charge in [-0.25, -0.2) is 0 Å². The summed E-state index contributed by atoms with van der Waals surface area (Å²) in [6.07, 6.45) is 17.7. The Hall–Kier alpha value is 0.0569. The molecule has 1 saturated heterocycles. The Labute approximate surface area is 176 Å². The molecular formula is C23H47NO3Si.